The van der Waals surface area contributed by atoms with E-state index < -0.39 is 0 Å². The van der Waals surface area contributed by atoms with E-state index in [0.29, 0.717) is 6.04 Å². The fourth-order valence-corrected chi connectivity index (χ4v) is 5.38. The fraction of sp³-hybridized carbons (Fsp3) is 0.650. The summed E-state index contributed by atoms with van der Waals surface area (Å²) in [5.74, 6) is 0.127. The number of rotatable bonds is 3. The van der Waals surface area contributed by atoms with Gasteiger partial charge >= 0.3 is 0 Å². The Morgan fingerprint density at radius 1 is 0.889 bits per heavy atom. The summed E-state index contributed by atoms with van der Waals surface area (Å²) in [6.45, 7) is 6.41. The van der Waals surface area contributed by atoms with Gasteiger partial charge in [-0.1, -0.05) is 19.3 Å². The molecule has 1 aromatic carbocycles. The molecule has 3 fully saturated rings. The summed E-state index contributed by atoms with van der Waals surface area (Å²) in [5.41, 5.74) is 2.42. The standard InChI is InChI=1S/C20H27N5OS/c26-20(15-6-7-18-19(12-15)22-27-21-18)25-13-17(14-25)24-10-8-23(9-11-24)16-4-2-1-3-5-16/h6-7,12,16-17H,1-5,8-11,13-14H2. The first-order chi connectivity index (χ1) is 13.3. The molecule has 0 N–H and O–H groups in total. The Morgan fingerprint density at radius 2 is 1.56 bits per heavy atom. The van der Waals surface area contributed by atoms with Gasteiger partial charge in [0.2, 0.25) is 0 Å². The number of amides is 1. The minimum atomic E-state index is 0.127. The Bertz CT molecular complexity index is 804. The van der Waals surface area contributed by atoms with E-state index in [2.05, 4.69) is 18.5 Å². The maximum atomic E-state index is 12.7. The lowest BCUT2D eigenvalue weighted by Gasteiger charge is -2.49. The summed E-state index contributed by atoms with van der Waals surface area (Å²) in [6, 6.07) is 7.01. The van der Waals surface area contributed by atoms with Crippen molar-refractivity contribution in [2.75, 3.05) is 39.3 Å². The SMILES string of the molecule is O=C(c1ccc2nsnc2c1)N1CC(N2CCN(C3CCCCC3)CC2)C1. The van der Waals surface area contributed by atoms with Crippen LogP contribution in [0.2, 0.25) is 0 Å². The van der Waals surface area contributed by atoms with Crippen molar-refractivity contribution >= 4 is 28.7 Å². The molecule has 1 aliphatic carbocycles. The van der Waals surface area contributed by atoms with Gasteiger partial charge in [-0.3, -0.25) is 14.6 Å². The summed E-state index contributed by atoms with van der Waals surface area (Å²) >= 11 is 1.20. The summed E-state index contributed by atoms with van der Waals surface area (Å²) < 4.78 is 8.45. The highest BCUT2D eigenvalue weighted by atomic mass is 32.1. The van der Waals surface area contributed by atoms with Gasteiger partial charge in [0.25, 0.3) is 5.91 Å². The maximum Gasteiger partial charge on any atom is 0.254 e. The highest BCUT2D eigenvalue weighted by Gasteiger charge is 2.37. The molecule has 2 aromatic rings. The summed E-state index contributed by atoms with van der Waals surface area (Å²) in [7, 11) is 0. The number of carbonyl (C=O) groups excluding carboxylic acids is 1. The lowest BCUT2D eigenvalue weighted by atomic mass is 9.93. The highest BCUT2D eigenvalue weighted by Crippen LogP contribution is 2.25. The molecule has 6 nitrogen and oxygen atoms in total. The van der Waals surface area contributed by atoms with Crippen molar-refractivity contribution in [1.82, 2.24) is 23.4 Å². The maximum absolute atomic E-state index is 12.7. The Labute approximate surface area is 164 Å². The van der Waals surface area contributed by atoms with Crippen molar-refractivity contribution in [3.05, 3.63) is 23.8 Å². The molecular formula is C20H27N5OS. The van der Waals surface area contributed by atoms with Gasteiger partial charge in [0.05, 0.1) is 11.7 Å². The zero-order chi connectivity index (χ0) is 18.2. The average Bonchev–Trinajstić information content (AvgIpc) is 3.16. The molecule has 0 unspecified atom stereocenters. The van der Waals surface area contributed by atoms with E-state index in [1.165, 1.54) is 56.9 Å². The molecule has 0 radical (unpaired) electrons. The molecule has 1 aromatic heterocycles. The number of benzene rings is 1. The minimum Gasteiger partial charge on any atom is -0.335 e. The topological polar surface area (TPSA) is 52.6 Å². The van der Waals surface area contributed by atoms with E-state index >= 15 is 0 Å². The second kappa shape index (κ2) is 7.45. The van der Waals surface area contributed by atoms with E-state index in [0.717, 1.165) is 48.8 Å². The van der Waals surface area contributed by atoms with Crippen molar-refractivity contribution in [3.63, 3.8) is 0 Å². The van der Waals surface area contributed by atoms with Crippen LogP contribution in [0.1, 0.15) is 42.5 Å². The van der Waals surface area contributed by atoms with Crippen LogP contribution in [-0.2, 0) is 0 Å². The molecule has 0 spiro atoms. The van der Waals surface area contributed by atoms with Crippen LogP contribution >= 0.6 is 11.7 Å². The molecule has 27 heavy (non-hydrogen) atoms. The van der Waals surface area contributed by atoms with Gasteiger partial charge in [-0.2, -0.15) is 8.75 Å². The minimum absolute atomic E-state index is 0.127. The van der Waals surface area contributed by atoms with E-state index in [1.54, 1.807) is 0 Å². The van der Waals surface area contributed by atoms with Crippen LogP contribution in [0, 0.1) is 0 Å². The first-order valence-electron chi connectivity index (χ1n) is 10.3. The average molecular weight is 386 g/mol. The second-order valence-electron chi connectivity index (χ2n) is 8.20. The number of hydrogen-bond donors (Lipinski definition) is 0. The number of piperazine rings is 1. The highest BCUT2D eigenvalue weighted by molar-refractivity contribution is 7.00. The first kappa shape index (κ1) is 17.5. The van der Waals surface area contributed by atoms with Crippen molar-refractivity contribution in [2.24, 2.45) is 0 Å². The van der Waals surface area contributed by atoms with Crippen molar-refractivity contribution in [2.45, 2.75) is 44.2 Å². The van der Waals surface area contributed by atoms with Crippen LogP contribution in [0.25, 0.3) is 11.0 Å². The van der Waals surface area contributed by atoms with Gasteiger partial charge in [-0.05, 0) is 31.0 Å². The van der Waals surface area contributed by atoms with Crippen molar-refractivity contribution in [3.8, 4) is 0 Å². The summed E-state index contributed by atoms with van der Waals surface area (Å²) in [5, 5.41) is 0. The Balaban J connectivity index is 1.12. The Kier molecular flexibility index (Phi) is 4.83. The number of aromatic nitrogens is 2. The third kappa shape index (κ3) is 3.48. The number of nitrogens with zero attached hydrogens (tertiary/aromatic N) is 5. The van der Waals surface area contributed by atoms with Crippen LogP contribution in [0.4, 0.5) is 0 Å². The van der Waals surface area contributed by atoms with Crippen LogP contribution in [0.15, 0.2) is 18.2 Å². The normalized spacial score (nSPS) is 23.6. The quantitative estimate of drug-likeness (QED) is 0.812. The molecule has 1 saturated carbocycles. The van der Waals surface area contributed by atoms with Crippen LogP contribution in [0.3, 0.4) is 0 Å². The van der Waals surface area contributed by atoms with E-state index in [-0.39, 0.29) is 5.91 Å². The van der Waals surface area contributed by atoms with Gasteiger partial charge < -0.3 is 4.90 Å². The molecule has 7 heteroatoms. The zero-order valence-corrected chi connectivity index (χ0v) is 16.5. The lowest BCUT2D eigenvalue weighted by Crippen LogP contribution is -2.64. The van der Waals surface area contributed by atoms with Crippen LogP contribution in [-0.4, -0.2) is 80.7 Å². The van der Waals surface area contributed by atoms with Crippen molar-refractivity contribution < 1.29 is 4.79 Å². The molecule has 144 valence electrons. The lowest BCUT2D eigenvalue weighted by molar-refractivity contribution is -0.00262. The zero-order valence-electron chi connectivity index (χ0n) is 15.7. The molecular weight excluding hydrogens is 358 g/mol. The summed E-state index contributed by atoms with van der Waals surface area (Å²) in [6.07, 6.45) is 7.03. The molecule has 3 aliphatic rings. The fourth-order valence-electron chi connectivity index (χ4n) is 4.86. The Hall–Kier alpha value is -1.57. The number of hydrogen-bond acceptors (Lipinski definition) is 6. The largest absolute Gasteiger partial charge is 0.335 e. The molecule has 2 aliphatic heterocycles. The third-order valence-corrected chi connectivity index (χ3v) is 7.16. The molecule has 0 bridgehead atoms. The Morgan fingerprint density at radius 3 is 2.30 bits per heavy atom. The van der Waals surface area contributed by atoms with Gasteiger partial charge in [-0.25, -0.2) is 0 Å². The number of likely N-dealkylation sites (tertiary alicyclic amines) is 1. The van der Waals surface area contributed by atoms with Crippen molar-refractivity contribution in [1.29, 1.82) is 0 Å². The predicted molar refractivity (Wildman–Crippen MR) is 107 cm³/mol. The monoisotopic (exact) mass is 385 g/mol. The smallest absolute Gasteiger partial charge is 0.254 e. The molecule has 3 heterocycles. The van der Waals surface area contributed by atoms with E-state index in [4.69, 9.17) is 0 Å². The van der Waals surface area contributed by atoms with Crippen LogP contribution < -0.4 is 0 Å². The molecule has 5 rings (SSSR count). The van der Waals surface area contributed by atoms with Gasteiger partial charge in [0.15, 0.2) is 0 Å². The number of fused-ring (bicyclic) bond motifs is 1. The summed E-state index contributed by atoms with van der Waals surface area (Å²) in [4.78, 5) is 20.0. The van der Waals surface area contributed by atoms with Gasteiger partial charge in [0.1, 0.15) is 11.0 Å². The number of carbonyl (C=O) groups is 1. The van der Waals surface area contributed by atoms with Gasteiger partial charge in [0, 0.05) is 56.9 Å². The molecule has 0 atom stereocenters. The van der Waals surface area contributed by atoms with E-state index in [1.807, 2.05) is 23.1 Å². The predicted octanol–water partition coefficient (Wildman–Crippen LogP) is 2.47. The van der Waals surface area contributed by atoms with E-state index in [9.17, 15) is 4.79 Å². The van der Waals surface area contributed by atoms with Crippen LogP contribution in [0.5, 0.6) is 0 Å². The molecule has 1 amide bonds. The molecule has 2 saturated heterocycles. The third-order valence-electron chi connectivity index (χ3n) is 6.61. The first-order valence-corrected chi connectivity index (χ1v) is 11.0. The second-order valence-corrected chi connectivity index (χ2v) is 8.72. The van der Waals surface area contributed by atoms with Gasteiger partial charge in [-0.15, -0.1) is 0 Å².